The second kappa shape index (κ2) is 4.33. The zero-order valence-corrected chi connectivity index (χ0v) is 8.06. The largest absolute Gasteiger partial charge is 0.324 e. The van der Waals surface area contributed by atoms with Crippen LogP contribution < -0.4 is 5.73 Å². The quantitative estimate of drug-likeness (QED) is 0.741. The summed E-state index contributed by atoms with van der Waals surface area (Å²) >= 11 is 0. The minimum absolute atomic E-state index is 0.0597. The minimum Gasteiger partial charge on any atom is -0.324 e. The minimum atomic E-state index is -0.659. The molecule has 0 radical (unpaired) electrons. The molecule has 1 aromatic rings. The van der Waals surface area contributed by atoms with E-state index in [9.17, 15) is 8.78 Å². The molecule has 14 heavy (non-hydrogen) atoms. The van der Waals surface area contributed by atoms with Crippen LogP contribution in [0.25, 0.3) is 0 Å². The van der Waals surface area contributed by atoms with Crippen LogP contribution in [0.2, 0.25) is 0 Å². The summed E-state index contributed by atoms with van der Waals surface area (Å²) in [6, 6.07) is 3.07. The molecule has 0 spiro atoms. The molecule has 2 N–H and O–H groups in total. The summed E-state index contributed by atoms with van der Waals surface area (Å²) in [7, 11) is 0. The third-order valence-electron chi connectivity index (χ3n) is 1.94. The molecule has 1 atom stereocenters. The lowest BCUT2D eigenvalue weighted by Crippen LogP contribution is -2.14. The van der Waals surface area contributed by atoms with Gasteiger partial charge in [0.15, 0.2) is 0 Å². The maximum atomic E-state index is 13.2. The zero-order valence-electron chi connectivity index (χ0n) is 8.06. The highest BCUT2D eigenvalue weighted by molar-refractivity contribution is 5.24. The first-order valence-corrected chi connectivity index (χ1v) is 4.36. The average Bonchev–Trinajstić information content (AvgIpc) is 2.01. The van der Waals surface area contributed by atoms with Gasteiger partial charge in [0.25, 0.3) is 0 Å². The molecule has 0 aliphatic carbocycles. The third-order valence-corrected chi connectivity index (χ3v) is 1.94. The number of rotatable bonds is 3. The van der Waals surface area contributed by atoms with Crippen LogP contribution in [0.5, 0.6) is 0 Å². The van der Waals surface area contributed by atoms with Crippen LogP contribution in [-0.4, -0.2) is 0 Å². The van der Waals surface area contributed by atoms with Crippen molar-refractivity contribution < 1.29 is 8.78 Å². The lowest BCUT2D eigenvalue weighted by Gasteiger charge is -2.13. The first kappa shape index (κ1) is 10.9. The predicted molar refractivity (Wildman–Crippen MR) is 52.7 cm³/mol. The van der Waals surface area contributed by atoms with Crippen molar-refractivity contribution in [2.75, 3.05) is 0 Å². The van der Waals surface area contributed by atoms with Crippen molar-refractivity contribution in [3.63, 3.8) is 0 Å². The Morgan fingerprint density at radius 3 is 2.36 bits per heavy atom. The molecule has 0 aliphatic heterocycles. The van der Waals surface area contributed by atoms with Crippen molar-refractivity contribution in [3.8, 4) is 0 Å². The molecule has 0 bridgehead atoms. The Morgan fingerprint density at radius 1 is 1.43 bits per heavy atom. The van der Waals surface area contributed by atoms with Gasteiger partial charge in [0, 0.05) is 11.6 Å². The van der Waals surface area contributed by atoms with E-state index >= 15 is 0 Å². The summed E-state index contributed by atoms with van der Waals surface area (Å²) in [5.74, 6) is -1.20. The lowest BCUT2D eigenvalue weighted by atomic mass is 10.0. The van der Waals surface area contributed by atoms with Gasteiger partial charge in [0.2, 0.25) is 0 Å². The van der Waals surface area contributed by atoms with Gasteiger partial charge in [-0.15, -0.1) is 6.58 Å². The van der Waals surface area contributed by atoms with Crippen molar-refractivity contribution >= 4 is 0 Å². The van der Waals surface area contributed by atoms with Gasteiger partial charge in [0.1, 0.15) is 11.6 Å². The van der Waals surface area contributed by atoms with Gasteiger partial charge >= 0.3 is 0 Å². The fraction of sp³-hybridized carbons (Fsp3) is 0.273. The number of nitrogens with two attached hydrogens (primary N) is 1. The Balaban J connectivity index is 2.99. The van der Waals surface area contributed by atoms with Crippen molar-refractivity contribution in [3.05, 3.63) is 47.5 Å². The molecular formula is C11H13F2N. The Bertz CT molecular complexity index is 327. The molecule has 1 rings (SSSR count). The second-order valence-electron chi connectivity index (χ2n) is 3.40. The smallest absolute Gasteiger partial charge is 0.130 e. The van der Waals surface area contributed by atoms with Gasteiger partial charge in [-0.05, 0) is 25.5 Å². The molecule has 3 heteroatoms. The lowest BCUT2D eigenvalue weighted by molar-refractivity contribution is 0.524. The standard InChI is InChI=1S/C11H13F2N/c1-7(2)6-10(14)11-8(12)4-3-5-9(11)13/h3-5,10H,1,6,14H2,2H3. The van der Waals surface area contributed by atoms with E-state index in [4.69, 9.17) is 5.73 Å². The van der Waals surface area contributed by atoms with Crippen molar-refractivity contribution in [2.24, 2.45) is 5.73 Å². The number of halogens is 2. The Morgan fingerprint density at radius 2 is 1.93 bits per heavy atom. The first-order chi connectivity index (χ1) is 6.52. The Hall–Kier alpha value is -1.22. The van der Waals surface area contributed by atoms with Gasteiger partial charge in [0.05, 0.1) is 0 Å². The molecule has 1 nitrogen and oxygen atoms in total. The van der Waals surface area contributed by atoms with E-state index in [0.717, 1.165) is 5.57 Å². The third kappa shape index (κ3) is 2.39. The van der Waals surface area contributed by atoms with Gasteiger partial charge in [-0.1, -0.05) is 11.6 Å². The van der Waals surface area contributed by atoms with Crippen LogP contribution >= 0.6 is 0 Å². The Labute approximate surface area is 82.2 Å². The molecule has 0 saturated heterocycles. The normalized spacial score (nSPS) is 12.6. The molecule has 1 unspecified atom stereocenters. The van der Waals surface area contributed by atoms with Crippen LogP contribution in [0.3, 0.4) is 0 Å². The molecular weight excluding hydrogens is 184 g/mol. The molecule has 0 heterocycles. The topological polar surface area (TPSA) is 26.0 Å². The van der Waals surface area contributed by atoms with E-state index in [1.54, 1.807) is 6.92 Å². The molecule has 0 fully saturated rings. The maximum Gasteiger partial charge on any atom is 0.130 e. The first-order valence-electron chi connectivity index (χ1n) is 4.36. The van der Waals surface area contributed by atoms with E-state index in [1.807, 2.05) is 0 Å². The van der Waals surface area contributed by atoms with Gasteiger partial charge in [-0.3, -0.25) is 0 Å². The Kier molecular flexibility index (Phi) is 3.36. The summed E-state index contributed by atoms with van der Waals surface area (Å²) in [4.78, 5) is 0. The summed E-state index contributed by atoms with van der Waals surface area (Å²) in [6.45, 7) is 5.43. The highest BCUT2D eigenvalue weighted by Crippen LogP contribution is 2.23. The van der Waals surface area contributed by atoms with Crippen molar-refractivity contribution in [1.82, 2.24) is 0 Å². The van der Waals surface area contributed by atoms with Crippen LogP contribution in [0, 0.1) is 11.6 Å². The van der Waals surface area contributed by atoms with Crippen molar-refractivity contribution in [1.29, 1.82) is 0 Å². The van der Waals surface area contributed by atoms with Crippen LogP contribution in [-0.2, 0) is 0 Å². The van der Waals surface area contributed by atoms with E-state index in [0.29, 0.717) is 6.42 Å². The highest BCUT2D eigenvalue weighted by atomic mass is 19.1. The van der Waals surface area contributed by atoms with Crippen LogP contribution in [0.15, 0.2) is 30.4 Å². The SMILES string of the molecule is C=C(C)CC(N)c1c(F)cccc1F. The van der Waals surface area contributed by atoms with E-state index < -0.39 is 17.7 Å². The number of hydrogen-bond acceptors (Lipinski definition) is 1. The highest BCUT2D eigenvalue weighted by Gasteiger charge is 2.15. The van der Waals surface area contributed by atoms with E-state index in [2.05, 4.69) is 6.58 Å². The fourth-order valence-corrected chi connectivity index (χ4v) is 1.34. The maximum absolute atomic E-state index is 13.2. The van der Waals surface area contributed by atoms with E-state index in [1.165, 1.54) is 18.2 Å². The summed E-state index contributed by atoms with van der Waals surface area (Å²) < 4.78 is 26.4. The predicted octanol–water partition coefficient (Wildman–Crippen LogP) is 2.93. The van der Waals surface area contributed by atoms with Crippen LogP contribution in [0.4, 0.5) is 8.78 Å². The van der Waals surface area contributed by atoms with Gasteiger partial charge in [-0.25, -0.2) is 8.78 Å². The molecule has 1 aromatic carbocycles. The molecule has 0 saturated carbocycles. The monoisotopic (exact) mass is 197 g/mol. The summed E-state index contributed by atoms with van der Waals surface area (Å²) in [5, 5.41) is 0. The number of benzene rings is 1. The van der Waals surface area contributed by atoms with E-state index in [-0.39, 0.29) is 5.56 Å². The fourth-order valence-electron chi connectivity index (χ4n) is 1.34. The number of hydrogen-bond donors (Lipinski definition) is 1. The molecule has 0 aromatic heterocycles. The van der Waals surface area contributed by atoms with Crippen LogP contribution in [0.1, 0.15) is 24.9 Å². The average molecular weight is 197 g/mol. The summed E-state index contributed by atoms with van der Waals surface area (Å²) in [6.07, 6.45) is 0.387. The molecule has 0 amide bonds. The second-order valence-corrected chi connectivity index (χ2v) is 3.40. The zero-order chi connectivity index (χ0) is 10.7. The molecule has 76 valence electrons. The van der Waals surface area contributed by atoms with Gasteiger partial charge < -0.3 is 5.73 Å². The van der Waals surface area contributed by atoms with Gasteiger partial charge in [-0.2, -0.15) is 0 Å². The summed E-state index contributed by atoms with van der Waals surface area (Å²) in [5.41, 5.74) is 6.40. The molecule has 0 aliphatic rings. The van der Waals surface area contributed by atoms with Crippen molar-refractivity contribution in [2.45, 2.75) is 19.4 Å².